The molecule has 0 radical (unpaired) electrons. The number of alkyl halides is 1. The topological polar surface area (TPSA) is 107 Å². The van der Waals surface area contributed by atoms with Crippen LogP contribution in [0.2, 0.25) is 0 Å². The van der Waals surface area contributed by atoms with Crippen molar-refractivity contribution in [2.24, 2.45) is 5.73 Å². The van der Waals surface area contributed by atoms with Gasteiger partial charge < -0.3 is 20.9 Å². The van der Waals surface area contributed by atoms with E-state index in [1.165, 1.54) is 6.20 Å². The second-order valence-electron chi connectivity index (χ2n) is 8.54. The molecule has 1 saturated heterocycles. The van der Waals surface area contributed by atoms with Crippen molar-refractivity contribution in [3.8, 4) is 17.2 Å². The maximum atomic E-state index is 15.4. The fraction of sp³-hybridized carbons (Fsp3) is 0.292. The zero-order chi connectivity index (χ0) is 24.0. The van der Waals surface area contributed by atoms with Crippen molar-refractivity contribution < 1.29 is 13.2 Å². The summed E-state index contributed by atoms with van der Waals surface area (Å²) in [6, 6.07) is 4.77. The summed E-state index contributed by atoms with van der Waals surface area (Å²) in [4.78, 5) is 13.5. The van der Waals surface area contributed by atoms with Gasteiger partial charge in [0, 0.05) is 55.9 Å². The molecule has 34 heavy (non-hydrogen) atoms. The predicted octanol–water partition coefficient (Wildman–Crippen LogP) is 4.24. The summed E-state index contributed by atoms with van der Waals surface area (Å²) < 4.78 is 45.3. The van der Waals surface area contributed by atoms with E-state index in [2.05, 4.69) is 26.3 Å². The van der Waals surface area contributed by atoms with Crippen LogP contribution in [0.3, 0.4) is 0 Å². The van der Waals surface area contributed by atoms with Crippen molar-refractivity contribution >= 4 is 33.3 Å². The lowest BCUT2D eigenvalue weighted by Gasteiger charge is -2.39. The number of H-pyrrole nitrogens is 1. The first-order valence-corrected chi connectivity index (χ1v) is 10.9. The van der Waals surface area contributed by atoms with Gasteiger partial charge in [0.2, 0.25) is 0 Å². The molecule has 1 atom stereocenters. The van der Waals surface area contributed by atoms with E-state index in [-0.39, 0.29) is 18.5 Å². The van der Waals surface area contributed by atoms with E-state index in [1.54, 1.807) is 25.5 Å². The van der Waals surface area contributed by atoms with Gasteiger partial charge in [0.15, 0.2) is 11.6 Å². The SMILES string of the molecule is CNc1cc(F)c(F)c2c1[nH]c1ncc(-c3cncc(C#N)c3)c(N3CCCC(F)(CN)C3)c12. The maximum absolute atomic E-state index is 15.4. The minimum atomic E-state index is -1.62. The number of fused-ring (bicyclic) bond motifs is 3. The number of piperidine rings is 1. The number of nitrogens with zero attached hydrogens (tertiary/aromatic N) is 4. The average molecular weight is 465 g/mol. The number of nitrogens with one attached hydrogen (secondary N) is 2. The fourth-order valence-electron chi connectivity index (χ4n) is 4.77. The number of hydrogen-bond acceptors (Lipinski definition) is 6. The summed E-state index contributed by atoms with van der Waals surface area (Å²) in [6.07, 6.45) is 5.42. The molecule has 1 aliphatic heterocycles. The summed E-state index contributed by atoms with van der Waals surface area (Å²) in [5, 5.41) is 12.6. The lowest BCUT2D eigenvalue weighted by Crippen LogP contribution is -2.49. The van der Waals surface area contributed by atoms with E-state index >= 15 is 8.78 Å². The zero-order valence-electron chi connectivity index (χ0n) is 18.4. The standard InChI is InChI=1S/C24H22F3N7/c1-30-17-6-16(25)20(26)18-19-22(34-4-2-3-24(27,11-29)12-34)15(10-32-23(19)33-21(17)18)14-5-13(7-28)8-31-9-14/h5-6,8-10,30H,2-4,11-12,29H2,1H3,(H,32,33). The third-order valence-electron chi connectivity index (χ3n) is 6.42. The van der Waals surface area contributed by atoms with Gasteiger partial charge in [-0.25, -0.2) is 18.2 Å². The van der Waals surface area contributed by atoms with Gasteiger partial charge in [-0.1, -0.05) is 0 Å². The number of benzene rings is 1. The molecule has 1 fully saturated rings. The number of aromatic nitrogens is 3. The van der Waals surface area contributed by atoms with Gasteiger partial charge in [0.25, 0.3) is 0 Å². The van der Waals surface area contributed by atoms with Gasteiger partial charge in [-0.2, -0.15) is 5.26 Å². The first-order valence-electron chi connectivity index (χ1n) is 10.9. The Kier molecular flexibility index (Phi) is 5.29. The molecule has 1 unspecified atom stereocenters. The molecule has 4 aromatic rings. The molecule has 1 aliphatic rings. The summed E-state index contributed by atoms with van der Waals surface area (Å²) >= 11 is 0. The minimum absolute atomic E-state index is 0.0104. The van der Waals surface area contributed by atoms with E-state index in [0.29, 0.717) is 64.0 Å². The van der Waals surface area contributed by atoms with Crippen LogP contribution in [0.15, 0.2) is 30.7 Å². The van der Waals surface area contributed by atoms with Crippen LogP contribution in [-0.4, -0.2) is 47.3 Å². The highest BCUT2D eigenvalue weighted by atomic mass is 19.2. The Morgan fingerprint density at radius 3 is 2.82 bits per heavy atom. The Morgan fingerprint density at radius 1 is 1.26 bits per heavy atom. The van der Waals surface area contributed by atoms with E-state index in [1.807, 2.05) is 4.90 Å². The maximum Gasteiger partial charge on any atom is 0.169 e. The molecular formula is C24H22F3N7. The lowest BCUT2D eigenvalue weighted by molar-refractivity contribution is 0.146. The zero-order valence-corrected chi connectivity index (χ0v) is 18.4. The van der Waals surface area contributed by atoms with Gasteiger partial charge in [-0.3, -0.25) is 4.98 Å². The van der Waals surface area contributed by atoms with Crippen LogP contribution in [0.25, 0.3) is 33.1 Å². The molecule has 0 saturated carbocycles. The number of pyridine rings is 2. The second kappa shape index (κ2) is 8.18. The molecule has 7 nitrogen and oxygen atoms in total. The van der Waals surface area contributed by atoms with Crippen LogP contribution in [0.1, 0.15) is 18.4 Å². The monoisotopic (exact) mass is 465 g/mol. The van der Waals surface area contributed by atoms with Gasteiger partial charge in [-0.05, 0) is 18.9 Å². The Balaban J connectivity index is 1.89. The van der Waals surface area contributed by atoms with E-state index in [9.17, 15) is 9.65 Å². The van der Waals surface area contributed by atoms with E-state index in [4.69, 9.17) is 5.73 Å². The van der Waals surface area contributed by atoms with Crippen molar-refractivity contribution in [2.45, 2.75) is 18.5 Å². The van der Waals surface area contributed by atoms with Gasteiger partial charge in [0.05, 0.1) is 39.8 Å². The lowest BCUT2D eigenvalue weighted by atomic mass is 9.92. The molecule has 4 N–H and O–H groups in total. The van der Waals surface area contributed by atoms with Crippen LogP contribution in [-0.2, 0) is 0 Å². The van der Waals surface area contributed by atoms with Crippen molar-refractivity contribution in [1.82, 2.24) is 15.0 Å². The number of hydrogen-bond donors (Lipinski definition) is 3. The highest BCUT2D eigenvalue weighted by Crippen LogP contribution is 2.44. The largest absolute Gasteiger partial charge is 0.386 e. The summed E-state index contributed by atoms with van der Waals surface area (Å²) in [5.74, 6) is -2.03. The molecular weight excluding hydrogens is 443 g/mol. The molecule has 3 aromatic heterocycles. The van der Waals surface area contributed by atoms with Gasteiger partial charge in [-0.15, -0.1) is 0 Å². The van der Waals surface area contributed by atoms with E-state index in [0.717, 1.165) is 6.07 Å². The van der Waals surface area contributed by atoms with Crippen LogP contribution in [0.5, 0.6) is 0 Å². The molecule has 0 aliphatic carbocycles. The first-order chi connectivity index (χ1) is 16.4. The smallest absolute Gasteiger partial charge is 0.169 e. The van der Waals surface area contributed by atoms with Crippen LogP contribution < -0.4 is 16.0 Å². The number of rotatable bonds is 4. The average Bonchev–Trinajstić information content (AvgIpc) is 3.25. The van der Waals surface area contributed by atoms with Crippen molar-refractivity contribution in [1.29, 1.82) is 5.26 Å². The molecule has 10 heteroatoms. The minimum Gasteiger partial charge on any atom is -0.386 e. The fourth-order valence-corrected chi connectivity index (χ4v) is 4.77. The number of nitriles is 1. The Hall–Kier alpha value is -3.84. The molecule has 0 bridgehead atoms. The number of anilines is 2. The number of nitrogens with two attached hydrogens (primary N) is 1. The quantitative estimate of drug-likeness (QED) is 0.416. The van der Waals surface area contributed by atoms with Crippen LogP contribution in [0, 0.1) is 23.0 Å². The molecule has 4 heterocycles. The third-order valence-corrected chi connectivity index (χ3v) is 6.42. The third kappa shape index (κ3) is 3.40. The molecule has 5 rings (SSSR count). The highest BCUT2D eigenvalue weighted by Gasteiger charge is 2.36. The molecule has 174 valence electrons. The van der Waals surface area contributed by atoms with Crippen LogP contribution >= 0.6 is 0 Å². The molecule has 1 aromatic carbocycles. The highest BCUT2D eigenvalue weighted by molar-refractivity contribution is 6.18. The normalized spacial score (nSPS) is 18.4. The van der Waals surface area contributed by atoms with Gasteiger partial charge >= 0.3 is 0 Å². The molecule has 0 amide bonds. The second-order valence-corrected chi connectivity index (χ2v) is 8.54. The summed E-state index contributed by atoms with van der Waals surface area (Å²) in [7, 11) is 1.61. The van der Waals surface area contributed by atoms with Crippen LogP contribution in [0.4, 0.5) is 24.5 Å². The predicted molar refractivity (Wildman–Crippen MR) is 125 cm³/mol. The number of halogens is 3. The Bertz CT molecular complexity index is 1460. The van der Waals surface area contributed by atoms with Gasteiger partial charge in [0.1, 0.15) is 17.4 Å². The number of aromatic amines is 1. The Labute approximate surface area is 193 Å². The molecule has 0 spiro atoms. The first kappa shape index (κ1) is 22.0. The van der Waals surface area contributed by atoms with E-state index < -0.39 is 17.3 Å². The summed E-state index contributed by atoms with van der Waals surface area (Å²) in [6.45, 7) is 0.328. The van der Waals surface area contributed by atoms with Crippen molar-refractivity contribution in [2.75, 3.05) is 36.9 Å². The Morgan fingerprint density at radius 2 is 2.09 bits per heavy atom. The van der Waals surface area contributed by atoms with Crippen molar-refractivity contribution in [3.05, 3.63) is 47.9 Å². The summed E-state index contributed by atoms with van der Waals surface area (Å²) in [5.41, 5.74) is 7.11. The van der Waals surface area contributed by atoms with Crippen molar-refractivity contribution in [3.63, 3.8) is 0 Å².